The molecule has 7 nitrogen and oxygen atoms in total. The van der Waals surface area contributed by atoms with Crippen molar-refractivity contribution in [3.63, 3.8) is 0 Å². The van der Waals surface area contributed by atoms with Gasteiger partial charge in [0.2, 0.25) is 0 Å². The third kappa shape index (κ3) is 3.49. The van der Waals surface area contributed by atoms with Gasteiger partial charge in [-0.1, -0.05) is 11.6 Å². The number of nitrogens with one attached hydrogen (secondary N) is 1. The number of benzene rings is 1. The summed E-state index contributed by atoms with van der Waals surface area (Å²) in [6.45, 7) is 0. The summed E-state index contributed by atoms with van der Waals surface area (Å²) in [5.41, 5.74) is -0.170. The SMILES string of the molecule is O=C(O)c1cc(S(=O)(=O)Nc2cncnc2)cc(Br)c1Cl. The van der Waals surface area contributed by atoms with E-state index in [1.165, 1.54) is 24.8 Å². The molecule has 1 aromatic carbocycles. The van der Waals surface area contributed by atoms with E-state index in [-0.39, 0.29) is 25.6 Å². The standard InChI is InChI=1S/C11H7BrClN3O4S/c12-9-2-7(1-8(10(9)13)11(17)18)21(19,20)16-6-3-14-5-15-4-6/h1-5,16H,(H,17,18). The number of hydrogen-bond donors (Lipinski definition) is 2. The van der Waals surface area contributed by atoms with Crippen LogP contribution in [0.25, 0.3) is 0 Å². The Morgan fingerprint density at radius 2 is 1.90 bits per heavy atom. The largest absolute Gasteiger partial charge is 0.478 e. The molecule has 1 heterocycles. The fourth-order valence-corrected chi connectivity index (χ4v) is 3.32. The van der Waals surface area contributed by atoms with Gasteiger partial charge in [0.1, 0.15) is 6.33 Å². The highest BCUT2D eigenvalue weighted by molar-refractivity contribution is 9.10. The van der Waals surface area contributed by atoms with Crippen LogP contribution in [0.2, 0.25) is 5.02 Å². The van der Waals surface area contributed by atoms with Crippen LogP contribution in [0.3, 0.4) is 0 Å². The third-order valence-corrected chi connectivity index (χ3v) is 4.98. The van der Waals surface area contributed by atoms with E-state index in [9.17, 15) is 13.2 Å². The van der Waals surface area contributed by atoms with Crippen LogP contribution in [0.15, 0.2) is 40.2 Å². The molecule has 2 N–H and O–H groups in total. The molecule has 0 unspecified atom stereocenters. The maximum atomic E-state index is 12.2. The van der Waals surface area contributed by atoms with Gasteiger partial charge in [-0.15, -0.1) is 0 Å². The Morgan fingerprint density at radius 3 is 2.48 bits per heavy atom. The van der Waals surface area contributed by atoms with Crippen LogP contribution in [0.4, 0.5) is 5.69 Å². The number of anilines is 1. The minimum absolute atomic E-state index is 0.0792. The number of nitrogens with zero attached hydrogens (tertiary/aromatic N) is 2. The molecule has 0 radical (unpaired) electrons. The zero-order chi connectivity index (χ0) is 15.6. The van der Waals surface area contributed by atoms with Crippen molar-refractivity contribution >= 4 is 49.2 Å². The number of carbonyl (C=O) groups is 1. The Morgan fingerprint density at radius 1 is 1.29 bits per heavy atom. The predicted octanol–water partition coefficient (Wildman–Crippen LogP) is 2.39. The number of rotatable bonds is 4. The van der Waals surface area contributed by atoms with Crippen LogP contribution in [0, 0.1) is 0 Å². The van der Waals surface area contributed by atoms with E-state index in [1.54, 1.807) is 0 Å². The molecule has 0 bridgehead atoms. The number of hydrogen-bond acceptors (Lipinski definition) is 5. The van der Waals surface area contributed by atoms with Gasteiger partial charge in [-0.2, -0.15) is 0 Å². The van der Waals surface area contributed by atoms with Crippen LogP contribution < -0.4 is 4.72 Å². The average molecular weight is 393 g/mol. The summed E-state index contributed by atoms with van der Waals surface area (Å²) in [6, 6.07) is 2.18. The molecule has 0 saturated heterocycles. The molecule has 0 aliphatic heterocycles. The van der Waals surface area contributed by atoms with Crippen molar-refractivity contribution in [1.82, 2.24) is 9.97 Å². The fourth-order valence-electron chi connectivity index (χ4n) is 1.44. The first-order chi connectivity index (χ1) is 9.81. The van der Waals surface area contributed by atoms with E-state index in [0.717, 1.165) is 6.07 Å². The van der Waals surface area contributed by atoms with E-state index < -0.39 is 16.0 Å². The number of aromatic nitrogens is 2. The molecule has 0 amide bonds. The van der Waals surface area contributed by atoms with Gasteiger partial charge in [0.25, 0.3) is 10.0 Å². The van der Waals surface area contributed by atoms with Gasteiger partial charge in [-0.05, 0) is 28.1 Å². The van der Waals surface area contributed by atoms with Crippen LogP contribution in [-0.4, -0.2) is 29.5 Å². The van der Waals surface area contributed by atoms with Gasteiger partial charge in [0, 0.05) is 4.47 Å². The average Bonchev–Trinajstić information content (AvgIpc) is 2.41. The van der Waals surface area contributed by atoms with E-state index in [2.05, 4.69) is 30.6 Å². The van der Waals surface area contributed by atoms with Gasteiger partial charge >= 0.3 is 5.97 Å². The molecule has 110 valence electrons. The second-order valence-electron chi connectivity index (χ2n) is 3.80. The zero-order valence-electron chi connectivity index (χ0n) is 10.1. The van der Waals surface area contributed by atoms with Crippen LogP contribution in [-0.2, 0) is 10.0 Å². The number of carboxylic acid groups (broad SMARTS) is 1. The highest BCUT2D eigenvalue weighted by Gasteiger charge is 2.21. The lowest BCUT2D eigenvalue weighted by Gasteiger charge is -2.10. The molecule has 0 fully saturated rings. The molecule has 0 atom stereocenters. The Labute approximate surface area is 133 Å². The monoisotopic (exact) mass is 391 g/mol. The molecule has 0 aliphatic carbocycles. The third-order valence-electron chi connectivity index (χ3n) is 2.36. The second kappa shape index (κ2) is 5.96. The molecule has 0 aliphatic rings. The summed E-state index contributed by atoms with van der Waals surface area (Å²) in [5.74, 6) is -1.33. The quantitative estimate of drug-likeness (QED) is 0.827. The lowest BCUT2D eigenvalue weighted by Crippen LogP contribution is -2.14. The van der Waals surface area contributed by atoms with Crippen molar-refractivity contribution in [3.05, 3.63) is 45.9 Å². The maximum absolute atomic E-state index is 12.2. The smallest absolute Gasteiger partial charge is 0.337 e. The topological polar surface area (TPSA) is 109 Å². The predicted molar refractivity (Wildman–Crippen MR) is 79.0 cm³/mol. The van der Waals surface area contributed by atoms with Crippen molar-refractivity contribution in [1.29, 1.82) is 0 Å². The highest BCUT2D eigenvalue weighted by Crippen LogP contribution is 2.30. The van der Waals surface area contributed by atoms with Gasteiger partial charge in [-0.25, -0.2) is 23.2 Å². The van der Waals surface area contributed by atoms with Gasteiger partial charge in [0.15, 0.2) is 0 Å². The van der Waals surface area contributed by atoms with E-state index in [0.29, 0.717) is 0 Å². The van der Waals surface area contributed by atoms with Crippen LogP contribution in [0.1, 0.15) is 10.4 Å². The second-order valence-corrected chi connectivity index (χ2v) is 6.72. The van der Waals surface area contributed by atoms with Crippen LogP contribution in [0.5, 0.6) is 0 Å². The summed E-state index contributed by atoms with van der Waals surface area (Å²) in [5, 5.41) is 8.95. The minimum Gasteiger partial charge on any atom is -0.478 e. The van der Waals surface area contributed by atoms with Gasteiger partial charge in [-0.3, -0.25) is 4.72 Å². The molecule has 10 heteroatoms. The first-order valence-corrected chi connectivity index (χ1v) is 7.97. The minimum atomic E-state index is -3.99. The first-order valence-electron chi connectivity index (χ1n) is 5.31. The van der Waals surface area contributed by atoms with Crippen molar-refractivity contribution in [3.8, 4) is 0 Å². The van der Waals surface area contributed by atoms with Gasteiger partial charge in [0.05, 0.1) is 33.6 Å². The molecule has 1 aromatic heterocycles. The van der Waals surface area contributed by atoms with E-state index in [1.807, 2.05) is 0 Å². The Balaban J connectivity index is 2.48. The Kier molecular flexibility index (Phi) is 4.45. The van der Waals surface area contributed by atoms with Crippen molar-refractivity contribution < 1.29 is 18.3 Å². The Bertz CT molecular complexity index is 799. The number of sulfonamides is 1. The lowest BCUT2D eigenvalue weighted by molar-refractivity contribution is 0.0696. The highest BCUT2D eigenvalue weighted by atomic mass is 79.9. The van der Waals surface area contributed by atoms with Crippen molar-refractivity contribution in [2.75, 3.05) is 4.72 Å². The van der Waals surface area contributed by atoms with E-state index >= 15 is 0 Å². The molecule has 2 aromatic rings. The normalized spacial score (nSPS) is 11.1. The summed E-state index contributed by atoms with van der Waals surface area (Å²) < 4.78 is 26.8. The summed E-state index contributed by atoms with van der Waals surface area (Å²) >= 11 is 8.84. The molecule has 0 saturated carbocycles. The molecule has 0 spiro atoms. The summed E-state index contributed by atoms with van der Waals surface area (Å²) in [7, 11) is -3.99. The van der Waals surface area contributed by atoms with Gasteiger partial charge < -0.3 is 5.11 Å². The molecular formula is C11H7BrClN3O4S. The van der Waals surface area contributed by atoms with Crippen molar-refractivity contribution in [2.45, 2.75) is 4.90 Å². The molecule has 2 rings (SSSR count). The zero-order valence-corrected chi connectivity index (χ0v) is 13.3. The van der Waals surface area contributed by atoms with E-state index in [4.69, 9.17) is 16.7 Å². The summed E-state index contributed by atoms with van der Waals surface area (Å²) in [4.78, 5) is 18.2. The molecule has 21 heavy (non-hydrogen) atoms. The van der Waals surface area contributed by atoms with Crippen molar-refractivity contribution in [2.24, 2.45) is 0 Å². The number of halogens is 2. The number of carboxylic acids is 1. The first kappa shape index (κ1) is 15.7. The maximum Gasteiger partial charge on any atom is 0.337 e. The summed E-state index contributed by atoms with van der Waals surface area (Å²) in [6.07, 6.45) is 3.79. The van der Waals surface area contributed by atoms with Crippen LogP contribution >= 0.6 is 27.5 Å². The lowest BCUT2D eigenvalue weighted by atomic mass is 10.2. The number of aromatic carboxylic acids is 1. The Hall–Kier alpha value is -1.71. The fraction of sp³-hybridized carbons (Fsp3) is 0. The molecular weight excluding hydrogens is 386 g/mol.